The van der Waals surface area contributed by atoms with Gasteiger partial charge in [0.25, 0.3) is 5.91 Å². The zero-order valence-corrected chi connectivity index (χ0v) is 18.5. The van der Waals surface area contributed by atoms with Crippen molar-refractivity contribution in [2.24, 2.45) is 5.92 Å². The first-order chi connectivity index (χ1) is 14.5. The smallest absolute Gasteiger partial charge is 0.325 e. The SMILES string of the molecule is CCCN1CCC2(CC1)NC(=O)N(C1CCCN(C(=O)CCC3CCCC3)C1)C2=O. The van der Waals surface area contributed by atoms with Crippen LogP contribution in [0, 0.1) is 5.92 Å². The molecule has 4 amide bonds. The molecular formula is C23H38N4O3. The Morgan fingerprint density at radius 1 is 1.07 bits per heavy atom. The van der Waals surface area contributed by atoms with Crippen LogP contribution in [0.25, 0.3) is 0 Å². The fraction of sp³-hybridized carbons (Fsp3) is 0.870. The summed E-state index contributed by atoms with van der Waals surface area (Å²) < 4.78 is 0. The predicted molar refractivity (Wildman–Crippen MR) is 115 cm³/mol. The molecule has 1 saturated carbocycles. The van der Waals surface area contributed by atoms with Gasteiger partial charge in [0.1, 0.15) is 5.54 Å². The second kappa shape index (κ2) is 9.25. The molecule has 7 nitrogen and oxygen atoms in total. The molecule has 0 bridgehead atoms. The van der Waals surface area contributed by atoms with Crippen molar-refractivity contribution < 1.29 is 14.4 Å². The summed E-state index contributed by atoms with van der Waals surface area (Å²) >= 11 is 0. The van der Waals surface area contributed by atoms with Gasteiger partial charge in [0.15, 0.2) is 0 Å². The van der Waals surface area contributed by atoms with Gasteiger partial charge in [-0.2, -0.15) is 0 Å². The summed E-state index contributed by atoms with van der Waals surface area (Å²) in [5.41, 5.74) is -0.726. The Bertz CT molecular complexity index is 653. The van der Waals surface area contributed by atoms with Crippen molar-refractivity contribution in [3.05, 3.63) is 0 Å². The minimum atomic E-state index is -0.726. The number of nitrogens with zero attached hydrogens (tertiary/aromatic N) is 3. The first-order valence-corrected chi connectivity index (χ1v) is 12.2. The lowest BCUT2D eigenvalue weighted by Crippen LogP contribution is -2.56. The molecule has 4 rings (SSSR count). The Morgan fingerprint density at radius 3 is 2.50 bits per heavy atom. The molecule has 4 fully saturated rings. The third kappa shape index (κ3) is 4.36. The van der Waals surface area contributed by atoms with E-state index in [0.29, 0.717) is 31.7 Å². The van der Waals surface area contributed by atoms with E-state index in [-0.39, 0.29) is 23.9 Å². The summed E-state index contributed by atoms with van der Waals surface area (Å²) in [6.07, 6.45) is 10.8. The van der Waals surface area contributed by atoms with E-state index in [0.717, 1.165) is 51.9 Å². The molecule has 1 N–H and O–H groups in total. The number of piperidine rings is 2. The maximum absolute atomic E-state index is 13.4. The van der Waals surface area contributed by atoms with E-state index < -0.39 is 5.54 Å². The van der Waals surface area contributed by atoms with Gasteiger partial charge in [-0.3, -0.25) is 14.5 Å². The number of hydrogen-bond acceptors (Lipinski definition) is 4. The molecular weight excluding hydrogens is 380 g/mol. The molecule has 3 heterocycles. The van der Waals surface area contributed by atoms with Gasteiger partial charge in [0.2, 0.25) is 5.91 Å². The van der Waals surface area contributed by atoms with Gasteiger partial charge in [-0.15, -0.1) is 0 Å². The second-order valence-corrected chi connectivity index (χ2v) is 9.85. The highest BCUT2D eigenvalue weighted by Crippen LogP contribution is 2.33. The Morgan fingerprint density at radius 2 is 1.80 bits per heavy atom. The molecule has 3 saturated heterocycles. The normalized spacial score (nSPS) is 27.8. The van der Waals surface area contributed by atoms with E-state index in [1.807, 2.05) is 4.90 Å². The Hall–Kier alpha value is -1.63. The van der Waals surface area contributed by atoms with Crippen molar-refractivity contribution in [3.8, 4) is 0 Å². The first-order valence-electron chi connectivity index (χ1n) is 12.2. The van der Waals surface area contributed by atoms with Crippen molar-refractivity contribution >= 4 is 17.8 Å². The van der Waals surface area contributed by atoms with Crippen LogP contribution in [0.1, 0.15) is 77.6 Å². The largest absolute Gasteiger partial charge is 0.341 e. The molecule has 30 heavy (non-hydrogen) atoms. The van der Waals surface area contributed by atoms with Gasteiger partial charge in [-0.25, -0.2) is 4.79 Å². The summed E-state index contributed by atoms with van der Waals surface area (Å²) in [6, 6.07) is -0.441. The number of carbonyl (C=O) groups is 3. The van der Waals surface area contributed by atoms with Gasteiger partial charge in [-0.1, -0.05) is 32.6 Å². The van der Waals surface area contributed by atoms with E-state index in [1.165, 1.54) is 30.6 Å². The van der Waals surface area contributed by atoms with Crippen molar-refractivity contribution in [3.63, 3.8) is 0 Å². The molecule has 0 aromatic heterocycles. The fourth-order valence-corrected chi connectivity index (χ4v) is 5.96. The average Bonchev–Trinajstić information content (AvgIpc) is 3.35. The molecule has 0 aromatic rings. The van der Waals surface area contributed by atoms with E-state index in [2.05, 4.69) is 17.1 Å². The van der Waals surface area contributed by atoms with Crippen LogP contribution in [-0.4, -0.2) is 76.8 Å². The molecule has 1 aliphatic carbocycles. The Labute approximate surface area is 180 Å². The van der Waals surface area contributed by atoms with Gasteiger partial charge in [0.05, 0.1) is 6.04 Å². The monoisotopic (exact) mass is 418 g/mol. The highest BCUT2D eigenvalue weighted by atomic mass is 16.2. The summed E-state index contributed by atoms with van der Waals surface area (Å²) in [5.74, 6) is 0.842. The van der Waals surface area contributed by atoms with Crippen molar-refractivity contribution in [2.75, 3.05) is 32.7 Å². The van der Waals surface area contributed by atoms with Crippen LogP contribution in [0.5, 0.6) is 0 Å². The van der Waals surface area contributed by atoms with Crippen LogP contribution in [0.2, 0.25) is 0 Å². The fourth-order valence-electron chi connectivity index (χ4n) is 5.96. The van der Waals surface area contributed by atoms with Crippen LogP contribution >= 0.6 is 0 Å². The van der Waals surface area contributed by atoms with E-state index in [1.54, 1.807) is 0 Å². The Balaban J connectivity index is 1.34. The molecule has 3 aliphatic heterocycles. The molecule has 4 aliphatic rings. The molecule has 1 spiro atoms. The highest BCUT2D eigenvalue weighted by Gasteiger charge is 2.54. The zero-order chi connectivity index (χ0) is 21.1. The number of urea groups is 1. The van der Waals surface area contributed by atoms with E-state index in [4.69, 9.17) is 0 Å². The summed E-state index contributed by atoms with van der Waals surface area (Å²) in [5, 5.41) is 3.04. The third-order valence-corrected chi connectivity index (χ3v) is 7.80. The number of likely N-dealkylation sites (tertiary alicyclic amines) is 2. The van der Waals surface area contributed by atoms with Gasteiger partial charge in [0, 0.05) is 32.6 Å². The van der Waals surface area contributed by atoms with Crippen molar-refractivity contribution in [1.82, 2.24) is 20.0 Å². The standard InChI is InChI=1S/C23H38N4O3/c1-2-13-25-15-11-23(12-16-25)21(29)27(22(30)24-23)19-8-5-14-26(17-19)20(28)10-9-18-6-3-4-7-18/h18-19H,2-17H2,1H3,(H,24,30). The quantitative estimate of drug-likeness (QED) is 0.673. The molecule has 7 heteroatoms. The molecule has 0 radical (unpaired) electrons. The van der Waals surface area contributed by atoms with Crippen LogP contribution in [-0.2, 0) is 9.59 Å². The van der Waals surface area contributed by atoms with Crippen LogP contribution in [0.15, 0.2) is 0 Å². The molecule has 0 aromatic carbocycles. The van der Waals surface area contributed by atoms with Crippen LogP contribution in [0.4, 0.5) is 4.79 Å². The summed E-state index contributed by atoms with van der Waals surface area (Å²) in [7, 11) is 0. The number of hydrogen-bond donors (Lipinski definition) is 1. The number of rotatable bonds is 6. The lowest BCUT2D eigenvalue weighted by molar-refractivity contribution is -0.139. The van der Waals surface area contributed by atoms with Gasteiger partial charge in [-0.05, 0) is 51.0 Å². The lowest BCUT2D eigenvalue weighted by atomic mass is 9.87. The van der Waals surface area contributed by atoms with Crippen LogP contribution < -0.4 is 5.32 Å². The number of imide groups is 1. The van der Waals surface area contributed by atoms with Crippen molar-refractivity contribution in [2.45, 2.75) is 89.1 Å². The molecule has 168 valence electrons. The topological polar surface area (TPSA) is 73.0 Å². The Kier molecular flexibility index (Phi) is 6.66. The minimum absolute atomic E-state index is 0.0612. The predicted octanol–water partition coefficient (Wildman–Crippen LogP) is 2.74. The zero-order valence-electron chi connectivity index (χ0n) is 18.5. The minimum Gasteiger partial charge on any atom is -0.341 e. The maximum atomic E-state index is 13.4. The number of nitrogens with one attached hydrogen (secondary N) is 1. The van der Waals surface area contributed by atoms with Gasteiger partial charge < -0.3 is 15.1 Å². The molecule has 1 atom stereocenters. The third-order valence-electron chi connectivity index (χ3n) is 7.80. The lowest BCUT2D eigenvalue weighted by Gasteiger charge is -2.39. The van der Waals surface area contributed by atoms with Crippen molar-refractivity contribution in [1.29, 1.82) is 0 Å². The second-order valence-electron chi connectivity index (χ2n) is 9.85. The van der Waals surface area contributed by atoms with Gasteiger partial charge >= 0.3 is 6.03 Å². The summed E-state index contributed by atoms with van der Waals surface area (Å²) in [6.45, 7) is 6.16. The first kappa shape index (κ1) is 21.6. The highest BCUT2D eigenvalue weighted by molar-refractivity contribution is 6.07. The maximum Gasteiger partial charge on any atom is 0.325 e. The summed E-state index contributed by atoms with van der Waals surface area (Å²) in [4.78, 5) is 44.7. The van der Waals surface area contributed by atoms with E-state index in [9.17, 15) is 14.4 Å². The van der Waals surface area contributed by atoms with Crippen LogP contribution in [0.3, 0.4) is 0 Å². The molecule has 1 unspecified atom stereocenters. The average molecular weight is 419 g/mol. The number of carbonyl (C=O) groups excluding carboxylic acids is 3. The van der Waals surface area contributed by atoms with E-state index >= 15 is 0 Å². The number of amides is 4.